The van der Waals surface area contributed by atoms with Gasteiger partial charge in [0.25, 0.3) is 0 Å². The molecule has 0 saturated heterocycles. The van der Waals surface area contributed by atoms with Gasteiger partial charge >= 0.3 is 5.97 Å². The molecule has 0 fully saturated rings. The molecular weight excluding hydrogens is 170 g/mol. The van der Waals surface area contributed by atoms with Gasteiger partial charge in [0.05, 0.1) is 13.2 Å². The van der Waals surface area contributed by atoms with Crippen LogP contribution in [0.1, 0.15) is 19.8 Å². The molecule has 0 spiro atoms. The third kappa shape index (κ3) is 6.31. The van der Waals surface area contributed by atoms with Gasteiger partial charge in [0.1, 0.15) is 6.04 Å². The van der Waals surface area contributed by atoms with Crippen LogP contribution in [-0.4, -0.2) is 30.3 Å². The van der Waals surface area contributed by atoms with Gasteiger partial charge in [-0.2, -0.15) is 0 Å². The van der Waals surface area contributed by atoms with E-state index >= 15 is 0 Å². The van der Waals surface area contributed by atoms with Crippen molar-refractivity contribution in [3.8, 4) is 0 Å². The maximum atomic E-state index is 10.8. The number of carbonyl (C=O) groups is 1. The lowest BCUT2D eigenvalue weighted by Crippen LogP contribution is -2.30. The first kappa shape index (κ1) is 12.1. The quantitative estimate of drug-likeness (QED) is 0.476. The van der Waals surface area contributed by atoms with E-state index < -0.39 is 12.0 Å². The van der Waals surface area contributed by atoms with Crippen LogP contribution in [-0.2, 0) is 9.53 Å². The summed E-state index contributed by atoms with van der Waals surface area (Å²) in [6.07, 6.45) is 4.24. The summed E-state index contributed by atoms with van der Waals surface area (Å²) in [7, 11) is 1.31. The standard InChI is InChI=1S/C9H17NO3/c1-7(11)5-3-4-6-8(10)9(12)13-2/h3-4,7-8,11H,5-6,10H2,1-2H3/b4-3+/t7-,8-/m0/s1. The summed E-state index contributed by atoms with van der Waals surface area (Å²) < 4.78 is 4.44. The van der Waals surface area contributed by atoms with Gasteiger partial charge in [0, 0.05) is 0 Å². The van der Waals surface area contributed by atoms with Crippen molar-refractivity contribution >= 4 is 5.97 Å². The Hall–Kier alpha value is -0.870. The number of aliphatic hydroxyl groups is 1. The zero-order valence-corrected chi connectivity index (χ0v) is 8.06. The van der Waals surface area contributed by atoms with Crippen molar-refractivity contribution in [2.75, 3.05) is 7.11 Å². The van der Waals surface area contributed by atoms with E-state index in [2.05, 4.69) is 4.74 Å². The highest BCUT2D eigenvalue weighted by Crippen LogP contribution is 1.96. The van der Waals surface area contributed by atoms with Crippen molar-refractivity contribution < 1.29 is 14.6 Å². The van der Waals surface area contributed by atoms with Crippen LogP contribution in [0.2, 0.25) is 0 Å². The molecule has 0 aromatic carbocycles. The molecule has 0 heterocycles. The molecule has 4 nitrogen and oxygen atoms in total. The molecule has 0 radical (unpaired) electrons. The SMILES string of the molecule is COC(=O)[C@@H](N)C/C=C/C[C@H](C)O. The molecule has 0 aliphatic heterocycles. The van der Waals surface area contributed by atoms with E-state index in [0.717, 1.165) is 0 Å². The number of esters is 1. The smallest absolute Gasteiger partial charge is 0.322 e. The molecule has 2 atom stereocenters. The summed E-state index contributed by atoms with van der Waals surface area (Å²) >= 11 is 0. The normalized spacial score (nSPS) is 15.7. The first-order valence-corrected chi connectivity index (χ1v) is 4.24. The highest BCUT2D eigenvalue weighted by molar-refractivity contribution is 5.75. The van der Waals surface area contributed by atoms with Gasteiger partial charge in [0.2, 0.25) is 0 Å². The van der Waals surface area contributed by atoms with E-state index in [1.165, 1.54) is 7.11 Å². The molecule has 76 valence electrons. The van der Waals surface area contributed by atoms with Crippen LogP contribution in [0, 0.1) is 0 Å². The van der Waals surface area contributed by atoms with Crippen LogP contribution < -0.4 is 5.73 Å². The maximum absolute atomic E-state index is 10.8. The Balaban J connectivity index is 3.63. The zero-order chi connectivity index (χ0) is 10.3. The molecule has 0 aromatic heterocycles. The van der Waals surface area contributed by atoms with E-state index in [-0.39, 0.29) is 6.10 Å². The van der Waals surface area contributed by atoms with E-state index in [1.54, 1.807) is 19.1 Å². The number of rotatable bonds is 5. The van der Waals surface area contributed by atoms with Crippen molar-refractivity contribution in [2.45, 2.75) is 31.9 Å². The molecular formula is C9H17NO3. The van der Waals surface area contributed by atoms with Crippen LogP contribution in [0.15, 0.2) is 12.2 Å². The fourth-order valence-corrected chi connectivity index (χ4v) is 0.784. The molecule has 4 heteroatoms. The van der Waals surface area contributed by atoms with Crippen LogP contribution in [0.4, 0.5) is 0 Å². The summed E-state index contributed by atoms with van der Waals surface area (Å²) in [4.78, 5) is 10.8. The Morgan fingerprint density at radius 3 is 2.54 bits per heavy atom. The first-order valence-electron chi connectivity index (χ1n) is 4.24. The number of ether oxygens (including phenoxy) is 1. The second kappa shape index (κ2) is 6.62. The Morgan fingerprint density at radius 2 is 2.08 bits per heavy atom. The molecule has 0 unspecified atom stereocenters. The topological polar surface area (TPSA) is 72.5 Å². The van der Waals surface area contributed by atoms with Crippen molar-refractivity contribution in [1.82, 2.24) is 0 Å². The average molecular weight is 187 g/mol. The summed E-state index contributed by atoms with van der Waals surface area (Å²) in [5.74, 6) is -0.415. The molecule has 0 aromatic rings. The highest BCUT2D eigenvalue weighted by Gasteiger charge is 2.10. The Labute approximate surface area is 78.4 Å². The minimum absolute atomic E-state index is 0.356. The van der Waals surface area contributed by atoms with Gasteiger partial charge < -0.3 is 15.6 Å². The third-order valence-corrected chi connectivity index (χ3v) is 1.54. The van der Waals surface area contributed by atoms with Crippen molar-refractivity contribution in [1.29, 1.82) is 0 Å². The minimum atomic E-state index is -0.602. The molecule has 0 saturated carbocycles. The lowest BCUT2D eigenvalue weighted by atomic mass is 10.2. The molecule has 0 rings (SSSR count). The number of aliphatic hydroxyl groups excluding tert-OH is 1. The van der Waals surface area contributed by atoms with Crippen LogP contribution in [0.3, 0.4) is 0 Å². The summed E-state index contributed by atoms with van der Waals surface area (Å²) in [6.45, 7) is 1.70. The zero-order valence-electron chi connectivity index (χ0n) is 8.06. The molecule has 0 amide bonds. The van der Waals surface area contributed by atoms with E-state index in [9.17, 15) is 4.79 Å². The predicted molar refractivity (Wildman–Crippen MR) is 50.0 cm³/mol. The largest absolute Gasteiger partial charge is 0.468 e. The molecule has 13 heavy (non-hydrogen) atoms. The second-order valence-electron chi connectivity index (χ2n) is 2.92. The lowest BCUT2D eigenvalue weighted by molar-refractivity contribution is -0.142. The maximum Gasteiger partial charge on any atom is 0.322 e. The first-order chi connectivity index (χ1) is 6.07. The fourth-order valence-electron chi connectivity index (χ4n) is 0.784. The van der Waals surface area contributed by atoms with Crippen LogP contribution >= 0.6 is 0 Å². The van der Waals surface area contributed by atoms with Crippen molar-refractivity contribution in [3.63, 3.8) is 0 Å². The van der Waals surface area contributed by atoms with Gasteiger partial charge in [-0.25, -0.2) is 0 Å². The Bertz CT molecular complexity index is 178. The third-order valence-electron chi connectivity index (χ3n) is 1.54. The average Bonchev–Trinajstić information content (AvgIpc) is 2.10. The van der Waals surface area contributed by atoms with E-state index in [0.29, 0.717) is 12.8 Å². The van der Waals surface area contributed by atoms with Gasteiger partial charge in [-0.3, -0.25) is 4.79 Å². The summed E-state index contributed by atoms with van der Waals surface area (Å²) in [5, 5.41) is 8.90. The summed E-state index contributed by atoms with van der Waals surface area (Å²) in [6, 6.07) is -0.602. The van der Waals surface area contributed by atoms with Gasteiger partial charge in [-0.15, -0.1) is 0 Å². The van der Waals surface area contributed by atoms with Gasteiger partial charge in [-0.1, -0.05) is 12.2 Å². The summed E-state index contributed by atoms with van der Waals surface area (Å²) in [5.41, 5.74) is 5.46. The second-order valence-corrected chi connectivity index (χ2v) is 2.92. The van der Waals surface area contributed by atoms with Gasteiger partial charge in [-0.05, 0) is 19.8 Å². The molecule has 3 N–H and O–H groups in total. The number of hydrogen-bond donors (Lipinski definition) is 2. The monoisotopic (exact) mass is 187 g/mol. The van der Waals surface area contributed by atoms with Crippen molar-refractivity contribution in [3.05, 3.63) is 12.2 Å². The van der Waals surface area contributed by atoms with E-state index in [4.69, 9.17) is 10.8 Å². The Kier molecular flexibility index (Phi) is 6.18. The Morgan fingerprint density at radius 1 is 1.54 bits per heavy atom. The number of nitrogens with two attached hydrogens (primary N) is 1. The van der Waals surface area contributed by atoms with Gasteiger partial charge in [0.15, 0.2) is 0 Å². The number of methoxy groups -OCH3 is 1. The van der Waals surface area contributed by atoms with Crippen molar-refractivity contribution in [2.24, 2.45) is 5.73 Å². The molecule has 0 aliphatic carbocycles. The van der Waals surface area contributed by atoms with Crippen LogP contribution in [0.25, 0.3) is 0 Å². The number of hydrogen-bond acceptors (Lipinski definition) is 4. The molecule has 0 bridgehead atoms. The minimum Gasteiger partial charge on any atom is -0.468 e. The highest BCUT2D eigenvalue weighted by atomic mass is 16.5. The fraction of sp³-hybridized carbons (Fsp3) is 0.667. The molecule has 0 aliphatic rings. The van der Waals surface area contributed by atoms with E-state index in [1.807, 2.05) is 0 Å². The lowest BCUT2D eigenvalue weighted by Gasteiger charge is -2.05. The number of carbonyl (C=O) groups excluding carboxylic acids is 1. The predicted octanol–water partition coefficient (Wildman–Crippen LogP) is 0.204. The van der Waals surface area contributed by atoms with Crippen LogP contribution in [0.5, 0.6) is 0 Å².